The number of likely N-dealkylation sites (N-methyl/N-ethyl adjacent to an activating group) is 1. The monoisotopic (exact) mass is 467 g/mol. The number of hydrogen-bond donors (Lipinski definition) is 1. The van der Waals surface area contributed by atoms with Gasteiger partial charge in [0.05, 0.1) is 18.6 Å². The molecule has 1 saturated heterocycles. The molecule has 1 N–H and O–H groups in total. The van der Waals surface area contributed by atoms with Gasteiger partial charge in [0.15, 0.2) is 0 Å². The molecule has 0 radical (unpaired) electrons. The van der Waals surface area contributed by atoms with Crippen molar-refractivity contribution in [1.29, 1.82) is 0 Å². The average molecular weight is 468 g/mol. The van der Waals surface area contributed by atoms with Crippen LogP contribution in [-0.4, -0.2) is 61.1 Å². The molecule has 1 atom stereocenters. The van der Waals surface area contributed by atoms with E-state index in [1.54, 1.807) is 0 Å². The Balaban J connectivity index is 1.94. The van der Waals surface area contributed by atoms with E-state index in [1.807, 2.05) is 49.3 Å². The number of anilines is 1. The minimum Gasteiger partial charge on any atom is -0.495 e. The molecule has 0 saturated carbocycles. The van der Waals surface area contributed by atoms with Crippen molar-refractivity contribution in [1.82, 2.24) is 9.62 Å². The van der Waals surface area contributed by atoms with E-state index in [1.165, 1.54) is 19.2 Å². The highest BCUT2D eigenvalue weighted by atomic mass is 32.2. The maximum atomic E-state index is 13.1. The molecule has 1 heterocycles. The lowest BCUT2D eigenvalue weighted by Gasteiger charge is -2.25. The van der Waals surface area contributed by atoms with Gasteiger partial charge in [-0.05, 0) is 37.9 Å². The third-order valence-electron chi connectivity index (χ3n) is 5.02. The van der Waals surface area contributed by atoms with Gasteiger partial charge in [-0.3, -0.25) is 4.79 Å². The topological polar surface area (TPSA) is 113 Å². The zero-order chi connectivity index (χ0) is 22.8. The molecule has 0 spiro atoms. The lowest BCUT2D eigenvalue weighted by Crippen LogP contribution is -2.35. The molecule has 9 nitrogen and oxygen atoms in total. The summed E-state index contributed by atoms with van der Waals surface area (Å²) >= 11 is 0. The van der Waals surface area contributed by atoms with E-state index in [-0.39, 0.29) is 41.1 Å². The summed E-state index contributed by atoms with van der Waals surface area (Å²) < 4.78 is 59.1. The minimum atomic E-state index is -4.08. The van der Waals surface area contributed by atoms with E-state index in [0.29, 0.717) is 4.31 Å². The van der Waals surface area contributed by atoms with Crippen LogP contribution in [0.25, 0.3) is 0 Å². The number of ether oxygens (including phenoxy) is 1. The summed E-state index contributed by atoms with van der Waals surface area (Å²) in [6.07, 6.45) is -0.143. The van der Waals surface area contributed by atoms with Crippen molar-refractivity contribution in [3.05, 3.63) is 54.1 Å². The van der Waals surface area contributed by atoms with Gasteiger partial charge in [-0.15, -0.1) is 0 Å². The molecule has 2 aromatic rings. The molecule has 2 aromatic carbocycles. The van der Waals surface area contributed by atoms with Gasteiger partial charge < -0.3 is 9.64 Å². The molecule has 0 unspecified atom stereocenters. The van der Waals surface area contributed by atoms with E-state index < -0.39 is 26.0 Å². The zero-order valence-electron chi connectivity index (χ0n) is 17.5. The Morgan fingerprint density at radius 1 is 1.16 bits per heavy atom. The average Bonchev–Trinajstić information content (AvgIpc) is 3.00. The van der Waals surface area contributed by atoms with Crippen LogP contribution in [0.5, 0.6) is 5.75 Å². The zero-order valence-corrected chi connectivity index (χ0v) is 19.1. The number of benzene rings is 2. The number of hydrogen-bond acceptors (Lipinski definition) is 7. The maximum Gasteiger partial charge on any atom is 0.244 e. The lowest BCUT2D eigenvalue weighted by atomic mass is 10.1. The number of nitrogens with zero attached hydrogens (tertiary/aromatic N) is 2. The maximum absolute atomic E-state index is 13.1. The van der Waals surface area contributed by atoms with Gasteiger partial charge in [-0.25, -0.2) is 25.9 Å². The highest BCUT2D eigenvalue weighted by Gasteiger charge is 2.37. The Labute approximate surface area is 182 Å². The van der Waals surface area contributed by atoms with E-state index in [4.69, 9.17) is 4.74 Å². The van der Waals surface area contributed by atoms with Crippen LogP contribution in [0.4, 0.5) is 5.69 Å². The fourth-order valence-electron chi connectivity index (χ4n) is 3.41. The third kappa shape index (κ3) is 4.90. The van der Waals surface area contributed by atoms with Crippen LogP contribution >= 0.6 is 0 Å². The van der Waals surface area contributed by atoms with Crippen LogP contribution in [0.2, 0.25) is 0 Å². The SMILES string of the molecule is COc1ccc(N2C(=O)CCS2(=O)=O)cc1S(=O)(=O)NC[C@H](c1ccccc1)N(C)C. The third-order valence-corrected chi connectivity index (χ3v) is 8.16. The molecule has 1 aliphatic heterocycles. The Morgan fingerprint density at radius 2 is 1.84 bits per heavy atom. The number of nitrogens with one attached hydrogen (secondary N) is 1. The van der Waals surface area contributed by atoms with Crippen molar-refractivity contribution in [3.8, 4) is 5.75 Å². The number of carbonyl (C=O) groups is 1. The van der Waals surface area contributed by atoms with Crippen molar-refractivity contribution in [2.24, 2.45) is 0 Å². The number of sulfonamides is 2. The molecule has 1 aliphatic rings. The second kappa shape index (κ2) is 8.95. The first-order valence-corrected chi connectivity index (χ1v) is 12.6. The lowest BCUT2D eigenvalue weighted by molar-refractivity contribution is -0.116. The first-order chi connectivity index (χ1) is 14.6. The van der Waals surface area contributed by atoms with Gasteiger partial charge in [0, 0.05) is 19.0 Å². The van der Waals surface area contributed by atoms with Gasteiger partial charge in [-0.2, -0.15) is 0 Å². The van der Waals surface area contributed by atoms with E-state index in [9.17, 15) is 21.6 Å². The summed E-state index contributed by atoms with van der Waals surface area (Å²) in [7, 11) is -2.90. The molecule has 3 rings (SSSR count). The van der Waals surface area contributed by atoms with Crippen LogP contribution in [0.15, 0.2) is 53.4 Å². The van der Waals surface area contributed by atoms with Crippen LogP contribution in [0.3, 0.4) is 0 Å². The van der Waals surface area contributed by atoms with Gasteiger partial charge in [-0.1, -0.05) is 30.3 Å². The molecule has 11 heteroatoms. The van der Waals surface area contributed by atoms with Crippen molar-refractivity contribution < 1.29 is 26.4 Å². The van der Waals surface area contributed by atoms with Gasteiger partial charge >= 0.3 is 0 Å². The summed E-state index contributed by atoms with van der Waals surface area (Å²) in [4.78, 5) is 13.7. The number of amides is 1. The fraction of sp³-hybridized carbons (Fsp3) is 0.350. The first-order valence-electron chi connectivity index (χ1n) is 9.52. The molecule has 0 aliphatic carbocycles. The van der Waals surface area contributed by atoms with Crippen LogP contribution < -0.4 is 13.8 Å². The first kappa shape index (κ1) is 23.2. The van der Waals surface area contributed by atoms with Gasteiger partial charge in [0.2, 0.25) is 26.0 Å². The van der Waals surface area contributed by atoms with E-state index in [0.717, 1.165) is 11.6 Å². The summed E-state index contributed by atoms with van der Waals surface area (Å²) in [5.41, 5.74) is 0.903. The van der Waals surface area contributed by atoms with Crippen LogP contribution in [0, 0.1) is 0 Å². The normalized spacial score (nSPS) is 17.2. The van der Waals surface area contributed by atoms with Crippen molar-refractivity contribution >= 4 is 31.6 Å². The minimum absolute atomic E-state index is 0.0316. The number of rotatable bonds is 8. The van der Waals surface area contributed by atoms with Crippen molar-refractivity contribution in [3.63, 3.8) is 0 Å². The molecule has 0 bridgehead atoms. The molecular weight excluding hydrogens is 442 g/mol. The van der Waals surface area contributed by atoms with E-state index >= 15 is 0 Å². The summed E-state index contributed by atoms with van der Waals surface area (Å²) in [6.45, 7) is 0.0771. The molecule has 1 fully saturated rings. The molecule has 0 aromatic heterocycles. The summed E-state index contributed by atoms with van der Waals surface area (Å²) in [5, 5.41) is 0. The highest BCUT2D eigenvalue weighted by Crippen LogP contribution is 2.32. The standard InChI is InChI=1S/C20H25N3O6S2/c1-22(2)17(15-7-5-4-6-8-15)14-21-31(27,28)19-13-16(9-10-18(19)29-3)23-20(24)11-12-30(23,25)26/h4-10,13,17,21H,11-12,14H2,1-3H3/t17-/m1/s1. The number of methoxy groups -OCH3 is 1. The predicted molar refractivity (Wildman–Crippen MR) is 117 cm³/mol. The molecule has 1 amide bonds. The summed E-state index contributed by atoms with van der Waals surface area (Å²) in [6, 6.07) is 13.1. The Kier molecular flexibility index (Phi) is 6.70. The van der Waals surface area contributed by atoms with Crippen molar-refractivity contribution in [2.75, 3.05) is 37.8 Å². The fourth-order valence-corrected chi connectivity index (χ4v) is 6.09. The summed E-state index contributed by atoms with van der Waals surface area (Å²) in [5.74, 6) is -0.862. The van der Waals surface area contributed by atoms with Crippen LogP contribution in [-0.2, 0) is 24.8 Å². The van der Waals surface area contributed by atoms with E-state index in [2.05, 4.69) is 4.72 Å². The molecule has 31 heavy (non-hydrogen) atoms. The van der Waals surface area contributed by atoms with Crippen molar-refractivity contribution in [2.45, 2.75) is 17.4 Å². The highest BCUT2D eigenvalue weighted by molar-refractivity contribution is 7.94. The smallest absolute Gasteiger partial charge is 0.244 e. The number of carbonyl (C=O) groups excluding carboxylic acids is 1. The predicted octanol–water partition coefficient (Wildman–Crippen LogP) is 1.34. The Hall–Kier alpha value is -2.47. The Bertz CT molecular complexity index is 1160. The van der Waals surface area contributed by atoms with Gasteiger partial charge in [0.1, 0.15) is 10.6 Å². The van der Waals surface area contributed by atoms with Crippen LogP contribution in [0.1, 0.15) is 18.0 Å². The molecular formula is C20H25N3O6S2. The largest absolute Gasteiger partial charge is 0.495 e. The second-order valence-corrected chi connectivity index (χ2v) is 11.0. The molecule has 168 valence electrons. The van der Waals surface area contributed by atoms with Gasteiger partial charge in [0.25, 0.3) is 0 Å². The second-order valence-electron chi connectivity index (χ2n) is 7.30. The quantitative estimate of drug-likeness (QED) is 0.623. The Morgan fingerprint density at radius 3 is 2.39 bits per heavy atom.